The van der Waals surface area contributed by atoms with Crippen LogP contribution in [0.3, 0.4) is 0 Å². The zero-order valence-electron chi connectivity index (χ0n) is 23.0. The fraction of sp³-hybridized carbons (Fsp3) is 1.00. The molecule has 0 aromatic carbocycles. The molecule has 34 heavy (non-hydrogen) atoms. The van der Waals surface area contributed by atoms with Crippen molar-refractivity contribution in [2.75, 3.05) is 46.1 Å². The van der Waals surface area contributed by atoms with Gasteiger partial charge in [0.25, 0.3) is 0 Å². The average molecular weight is 491 g/mol. The molecule has 0 fully saturated rings. The summed E-state index contributed by atoms with van der Waals surface area (Å²) in [7, 11) is 0. The van der Waals surface area contributed by atoms with Crippen molar-refractivity contribution in [3.63, 3.8) is 0 Å². The summed E-state index contributed by atoms with van der Waals surface area (Å²) in [6.07, 6.45) is 20.2. The molecule has 0 radical (unpaired) electrons. The molecule has 0 saturated carbocycles. The molecule has 0 heterocycles. The third-order valence-corrected chi connectivity index (χ3v) is 7.12. The number of nitrogens with zero attached hydrogens (tertiary/aromatic N) is 1. The molecule has 0 rings (SSSR count). The Hall–Kier alpha value is -0.240. The van der Waals surface area contributed by atoms with Crippen molar-refractivity contribution in [3.8, 4) is 0 Å². The molecule has 0 aliphatic carbocycles. The van der Waals surface area contributed by atoms with E-state index in [1.807, 2.05) is 13.8 Å². The molecule has 0 bridgehead atoms. The first-order valence-corrected chi connectivity index (χ1v) is 14.6. The highest BCUT2D eigenvalue weighted by Gasteiger charge is 2.44. The monoisotopic (exact) mass is 490 g/mol. The van der Waals surface area contributed by atoms with Crippen LogP contribution >= 0.6 is 0 Å². The third-order valence-electron chi connectivity index (χ3n) is 7.12. The van der Waals surface area contributed by atoms with Crippen molar-refractivity contribution in [2.45, 2.75) is 136 Å². The molecule has 0 spiro atoms. The molecule has 6 nitrogen and oxygen atoms in total. The first-order chi connectivity index (χ1) is 16.7. The van der Waals surface area contributed by atoms with Gasteiger partial charge in [0.2, 0.25) is 12.5 Å². The molecule has 0 aromatic rings. The molecular formula is C28H60NO5+. The zero-order chi connectivity index (χ0) is 25.3. The van der Waals surface area contributed by atoms with E-state index in [9.17, 15) is 15.3 Å². The minimum absolute atomic E-state index is 0.0357. The maximum absolute atomic E-state index is 10.0. The number of rotatable bonds is 27. The molecule has 2 atom stereocenters. The van der Waals surface area contributed by atoms with Gasteiger partial charge in [-0.3, -0.25) is 4.48 Å². The maximum atomic E-state index is 10.0. The van der Waals surface area contributed by atoms with Gasteiger partial charge < -0.3 is 24.8 Å². The number of aliphatic hydroxyl groups excluding tert-OH is 3. The van der Waals surface area contributed by atoms with E-state index in [1.165, 1.54) is 89.9 Å². The van der Waals surface area contributed by atoms with Crippen LogP contribution in [0.25, 0.3) is 0 Å². The van der Waals surface area contributed by atoms with Crippen LogP contribution in [0.15, 0.2) is 0 Å². The van der Waals surface area contributed by atoms with Gasteiger partial charge in [0.05, 0.1) is 26.4 Å². The summed E-state index contributed by atoms with van der Waals surface area (Å²) in [5.74, 6) is 0. The molecule has 0 aromatic heterocycles. The second kappa shape index (κ2) is 24.5. The molecule has 206 valence electrons. The fourth-order valence-electron chi connectivity index (χ4n) is 5.13. The lowest BCUT2D eigenvalue weighted by Gasteiger charge is -2.47. The normalized spacial score (nSPS) is 15.4. The lowest BCUT2D eigenvalue weighted by atomic mass is 10.0. The topological polar surface area (TPSA) is 79.2 Å². The SMILES string of the molecule is CCCCCCCCCCCCCCCCCC[N+](CCO)(C(CO)OCC)C(CO)OCC. The average Bonchev–Trinajstić information content (AvgIpc) is 2.85. The quantitative estimate of drug-likeness (QED) is 0.0774. The summed E-state index contributed by atoms with van der Waals surface area (Å²) in [5.41, 5.74) is 0. The summed E-state index contributed by atoms with van der Waals surface area (Å²) >= 11 is 0. The van der Waals surface area contributed by atoms with E-state index in [1.54, 1.807) is 0 Å². The predicted octanol–water partition coefficient (Wildman–Crippen LogP) is 5.77. The van der Waals surface area contributed by atoms with E-state index in [4.69, 9.17) is 9.47 Å². The highest BCUT2D eigenvalue weighted by atomic mass is 16.5. The Morgan fingerprint density at radius 1 is 0.500 bits per heavy atom. The largest absolute Gasteiger partial charge is 0.391 e. The molecular weight excluding hydrogens is 430 g/mol. The molecule has 3 N–H and O–H groups in total. The van der Waals surface area contributed by atoms with Gasteiger partial charge in [-0.15, -0.1) is 0 Å². The third kappa shape index (κ3) is 15.0. The van der Waals surface area contributed by atoms with Crippen LogP contribution in [-0.4, -0.2) is 78.4 Å². The molecule has 0 amide bonds. The number of hydrogen-bond acceptors (Lipinski definition) is 5. The standard InChI is InChI=1S/C28H60NO5/c1-4-7-8-9-10-11-12-13-14-15-16-17-18-19-20-21-22-29(23-24-30,27(25-31)33-5-2)28(26-32)34-6-3/h27-28,30-32H,4-26H2,1-3H3/q+1. The van der Waals surface area contributed by atoms with Crippen molar-refractivity contribution in [1.29, 1.82) is 0 Å². The first kappa shape index (κ1) is 33.8. The Kier molecular flexibility index (Phi) is 24.3. The number of unbranched alkanes of at least 4 members (excludes halogenated alkanes) is 15. The van der Waals surface area contributed by atoms with Crippen LogP contribution in [0.4, 0.5) is 0 Å². The van der Waals surface area contributed by atoms with Crippen molar-refractivity contribution < 1.29 is 29.3 Å². The van der Waals surface area contributed by atoms with Crippen LogP contribution in [0, 0.1) is 0 Å². The van der Waals surface area contributed by atoms with E-state index in [-0.39, 0.29) is 24.3 Å². The van der Waals surface area contributed by atoms with Gasteiger partial charge in [-0.1, -0.05) is 96.8 Å². The van der Waals surface area contributed by atoms with Gasteiger partial charge in [0.1, 0.15) is 19.8 Å². The second-order valence-corrected chi connectivity index (χ2v) is 9.76. The summed E-state index contributed by atoms with van der Waals surface area (Å²) in [5, 5.41) is 29.8. The summed E-state index contributed by atoms with van der Waals surface area (Å²) in [6.45, 7) is 7.79. The van der Waals surface area contributed by atoms with Crippen molar-refractivity contribution in [2.24, 2.45) is 0 Å². The summed E-state index contributed by atoms with van der Waals surface area (Å²) in [4.78, 5) is 0. The van der Waals surface area contributed by atoms with E-state index >= 15 is 0 Å². The Morgan fingerprint density at radius 3 is 1.15 bits per heavy atom. The number of aliphatic hydroxyl groups is 3. The summed E-state index contributed by atoms with van der Waals surface area (Å²) < 4.78 is 11.9. The highest BCUT2D eigenvalue weighted by molar-refractivity contribution is 4.58. The van der Waals surface area contributed by atoms with Crippen LogP contribution < -0.4 is 0 Å². The Morgan fingerprint density at radius 2 is 0.853 bits per heavy atom. The lowest BCUT2D eigenvalue weighted by Crippen LogP contribution is -2.67. The van der Waals surface area contributed by atoms with E-state index in [0.717, 1.165) is 19.4 Å². The zero-order valence-corrected chi connectivity index (χ0v) is 23.0. The van der Waals surface area contributed by atoms with Crippen LogP contribution in [-0.2, 0) is 9.47 Å². The van der Waals surface area contributed by atoms with Gasteiger partial charge in [0.15, 0.2) is 0 Å². The number of ether oxygens (including phenoxy) is 2. The molecule has 0 aliphatic rings. The van der Waals surface area contributed by atoms with Crippen LogP contribution in [0.5, 0.6) is 0 Å². The maximum Gasteiger partial charge on any atom is 0.219 e. The molecule has 2 unspecified atom stereocenters. The van der Waals surface area contributed by atoms with Crippen LogP contribution in [0.1, 0.15) is 124 Å². The highest BCUT2D eigenvalue weighted by Crippen LogP contribution is 2.24. The molecule has 0 saturated heterocycles. The van der Waals surface area contributed by atoms with E-state index in [0.29, 0.717) is 19.8 Å². The van der Waals surface area contributed by atoms with Crippen molar-refractivity contribution in [1.82, 2.24) is 0 Å². The van der Waals surface area contributed by atoms with Gasteiger partial charge in [-0.25, -0.2) is 0 Å². The minimum Gasteiger partial charge on any atom is -0.391 e. The van der Waals surface area contributed by atoms with Crippen molar-refractivity contribution >= 4 is 0 Å². The van der Waals surface area contributed by atoms with Gasteiger partial charge in [-0.05, 0) is 26.7 Å². The molecule has 0 aliphatic heterocycles. The van der Waals surface area contributed by atoms with Gasteiger partial charge >= 0.3 is 0 Å². The summed E-state index contributed by atoms with van der Waals surface area (Å²) in [6, 6.07) is 0. The van der Waals surface area contributed by atoms with Crippen LogP contribution in [0.2, 0.25) is 0 Å². The Balaban J connectivity index is 4.16. The van der Waals surface area contributed by atoms with E-state index in [2.05, 4.69) is 6.92 Å². The fourth-order valence-corrected chi connectivity index (χ4v) is 5.13. The lowest BCUT2D eigenvalue weighted by molar-refractivity contribution is -1.01. The number of hydrogen-bond donors (Lipinski definition) is 3. The van der Waals surface area contributed by atoms with Gasteiger partial charge in [0, 0.05) is 0 Å². The Bertz CT molecular complexity index is 396. The first-order valence-electron chi connectivity index (χ1n) is 14.6. The van der Waals surface area contributed by atoms with E-state index < -0.39 is 12.5 Å². The smallest absolute Gasteiger partial charge is 0.219 e. The minimum atomic E-state index is -0.503. The van der Waals surface area contributed by atoms with Crippen molar-refractivity contribution in [3.05, 3.63) is 0 Å². The Labute approximate surface area is 211 Å². The predicted molar refractivity (Wildman–Crippen MR) is 142 cm³/mol. The second-order valence-electron chi connectivity index (χ2n) is 9.76. The number of quaternary nitrogens is 1. The van der Waals surface area contributed by atoms with Gasteiger partial charge in [-0.2, -0.15) is 0 Å². The molecule has 6 heteroatoms.